The van der Waals surface area contributed by atoms with Gasteiger partial charge in [0.1, 0.15) is 0 Å². The second kappa shape index (κ2) is 12.4. The minimum atomic E-state index is -0.149. The molecule has 3 aromatic rings. The molecule has 0 unspecified atom stereocenters. The number of hydrogen-bond acceptors (Lipinski definition) is 5. The number of hydrogen-bond donors (Lipinski definition) is 2. The monoisotopic (exact) mass is 486 g/mol. The van der Waals surface area contributed by atoms with Crippen molar-refractivity contribution >= 4 is 23.2 Å². The average molecular weight is 487 g/mol. The maximum absolute atomic E-state index is 12.7. The molecule has 188 valence electrons. The summed E-state index contributed by atoms with van der Waals surface area (Å²) in [5.41, 5.74) is 4.36. The third kappa shape index (κ3) is 7.24. The lowest BCUT2D eigenvalue weighted by Crippen LogP contribution is -2.35. The van der Waals surface area contributed by atoms with Crippen LogP contribution in [-0.4, -0.2) is 61.5 Å². The van der Waals surface area contributed by atoms with Crippen molar-refractivity contribution in [1.82, 2.24) is 9.80 Å². The Morgan fingerprint density at radius 2 is 1.64 bits per heavy atom. The Bertz CT molecular complexity index is 1140. The molecule has 1 aliphatic rings. The first kappa shape index (κ1) is 25.6. The summed E-state index contributed by atoms with van der Waals surface area (Å²) < 4.78 is 5.40. The highest BCUT2D eigenvalue weighted by Gasteiger charge is 2.16. The summed E-state index contributed by atoms with van der Waals surface area (Å²) in [7, 11) is 1.92. The second-order valence-electron chi connectivity index (χ2n) is 9.17. The molecule has 1 aliphatic heterocycles. The van der Waals surface area contributed by atoms with Gasteiger partial charge < -0.3 is 15.4 Å². The van der Waals surface area contributed by atoms with Gasteiger partial charge in [-0.25, -0.2) is 0 Å². The number of nitrogens with one attached hydrogen (secondary N) is 2. The molecule has 1 atom stereocenters. The molecule has 2 N–H and O–H groups in total. The van der Waals surface area contributed by atoms with E-state index in [-0.39, 0.29) is 24.4 Å². The second-order valence-corrected chi connectivity index (χ2v) is 9.17. The fourth-order valence-electron chi connectivity index (χ4n) is 4.20. The molecule has 0 aliphatic carbocycles. The van der Waals surface area contributed by atoms with E-state index in [9.17, 15) is 9.59 Å². The zero-order chi connectivity index (χ0) is 25.3. The number of benzene rings is 3. The van der Waals surface area contributed by atoms with E-state index in [2.05, 4.69) is 27.7 Å². The predicted octanol–water partition coefficient (Wildman–Crippen LogP) is 4.40. The van der Waals surface area contributed by atoms with Crippen molar-refractivity contribution in [3.8, 4) is 0 Å². The largest absolute Gasteiger partial charge is 0.379 e. The molecule has 1 fully saturated rings. The number of carbonyl (C=O) groups excluding carboxylic acids is 2. The van der Waals surface area contributed by atoms with Crippen LogP contribution >= 0.6 is 0 Å². The summed E-state index contributed by atoms with van der Waals surface area (Å²) in [6, 6.07) is 24.9. The van der Waals surface area contributed by atoms with Crippen molar-refractivity contribution in [3.63, 3.8) is 0 Å². The molecule has 7 heteroatoms. The average Bonchev–Trinajstić information content (AvgIpc) is 2.90. The molecular formula is C29H34N4O3. The lowest BCUT2D eigenvalue weighted by molar-refractivity contribution is -0.117. The van der Waals surface area contributed by atoms with Gasteiger partial charge in [0.15, 0.2) is 0 Å². The Hall–Kier alpha value is -3.52. The molecule has 4 rings (SSSR count). The van der Waals surface area contributed by atoms with Gasteiger partial charge in [-0.2, -0.15) is 0 Å². The number of amides is 2. The van der Waals surface area contributed by atoms with E-state index in [0.29, 0.717) is 5.56 Å². The predicted molar refractivity (Wildman–Crippen MR) is 143 cm³/mol. The summed E-state index contributed by atoms with van der Waals surface area (Å²) in [4.78, 5) is 29.5. The van der Waals surface area contributed by atoms with Crippen LogP contribution in [0.3, 0.4) is 0 Å². The van der Waals surface area contributed by atoms with E-state index in [0.717, 1.165) is 49.8 Å². The normalized spacial score (nSPS) is 14.9. The zero-order valence-electron chi connectivity index (χ0n) is 20.9. The quantitative estimate of drug-likeness (QED) is 0.469. The summed E-state index contributed by atoms with van der Waals surface area (Å²) in [5.74, 6) is -0.220. The van der Waals surface area contributed by atoms with E-state index in [1.807, 2.05) is 73.5 Å². The number of ether oxygens (including phenoxy) is 1. The van der Waals surface area contributed by atoms with E-state index in [4.69, 9.17) is 4.74 Å². The smallest absolute Gasteiger partial charge is 0.255 e. The van der Waals surface area contributed by atoms with Crippen molar-refractivity contribution in [2.75, 3.05) is 50.5 Å². The van der Waals surface area contributed by atoms with Crippen LogP contribution in [0.15, 0.2) is 78.9 Å². The topological polar surface area (TPSA) is 73.9 Å². The highest BCUT2D eigenvalue weighted by Crippen LogP contribution is 2.22. The van der Waals surface area contributed by atoms with Gasteiger partial charge in [0.05, 0.1) is 19.8 Å². The maximum atomic E-state index is 12.7. The van der Waals surface area contributed by atoms with Gasteiger partial charge in [-0.1, -0.05) is 42.5 Å². The third-order valence-electron chi connectivity index (χ3n) is 6.46. The number of likely N-dealkylation sites (N-methyl/N-ethyl adjacent to an activating group) is 1. The van der Waals surface area contributed by atoms with Gasteiger partial charge in [-0.15, -0.1) is 0 Å². The summed E-state index contributed by atoms with van der Waals surface area (Å²) in [6.07, 6.45) is 0. The van der Waals surface area contributed by atoms with Crippen molar-refractivity contribution in [2.24, 2.45) is 0 Å². The van der Waals surface area contributed by atoms with Crippen LogP contribution in [0, 0.1) is 0 Å². The lowest BCUT2D eigenvalue weighted by Gasteiger charge is -2.26. The molecule has 7 nitrogen and oxygen atoms in total. The molecule has 2 amide bonds. The van der Waals surface area contributed by atoms with Crippen molar-refractivity contribution in [2.45, 2.75) is 19.5 Å². The fourth-order valence-corrected chi connectivity index (χ4v) is 4.20. The number of anilines is 2. The standard InChI is InChI=1S/C29H34N4O3/c1-22(25-9-6-10-27(19-25)31-29(35)24-7-4-3-5-8-24)32(2)21-28(34)30-26-13-11-23(12-14-26)20-33-15-17-36-18-16-33/h3-14,19,22H,15-18,20-21H2,1-2H3,(H,30,34)(H,31,35)/t22-/m1/s1. The zero-order valence-corrected chi connectivity index (χ0v) is 20.9. The Morgan fingerprint density at radius 3 is 2.36 bits per heavy atom. The van der Waals surface area contributed by atoms with E-state index < -0.39 is 0 Å². The van der Waals surface area contributed by atoms with Crippen molar-refractivity contribution < 1.29 is 14.3 Å². The molecule has 36 heavy (non-hydrogen) atoms. The minimum absolute atomic E-state index is 0.0137. The first-order valence-electron chi connectivity index (χ1n) is 12.3. The number of carbonyl (C=O) groups is 2. The molecular weight excluding hydrogens is 452 g/mol. The van der Waals surface area contributed by atoms with Crippen molar-refractivity contribution in [1.29, 1.82) is 0 Å². The van der Waals surface area contributed by atoms with Gasteiger partial charge in [0.25, 0.3) is 5.91 Å². The molecule has 0 spiro atoms. The summed E-state index contributed by atoms with van der Waals surface area (Å²) >= 11 is 0. The Kier molecular flexibility index (Phi) is 8.84. The van der Waals surface area contributed by atoms with Crippen LogP contribution < -0.4 is 10.6 Å². The summed E-state index contributed by atoms with van der Waals surface area (Å²) in [5, 5.41) is 5.94. The Balaban J connectivity index is 1.28. The van der Waals surface area contributed by atoms with Crippen LogP contribution in [0.5, 0.6) is 0 Å². The number of morpholine rings is 1. The number of nitrogens with zero attached hydrogens (tertiary/aromatic N) is 2. The van der Waals surface area contributed by atoms with Gasteiger partial charge >= 0.3 is 0 Å². The van der Waals surface area contributed by atoms with Gasteiger partial charge in [-0.05, 0) is 61.5 Å². The molecule has 1 heterocycles. The SMILES string of the molecule is C[C@H](c1cccc(NC(=O)c2ccccc2)c1)N(C)CC(=O)Nc1ccc(CN2CCOCC2)cc1. The van der Waals surface area contributed by atoms with Gasteiger partial charge in [-0.3, -0.25) is 19.4 Å². The van der Waals surface area contributed by atoms with Crippen LogP contribution in [0.4, 0.5) is 11.4 Å². The highest BCUT2D eigenvalue weighted by molar-refractivity contribution is 6.04. The number of rotatable bonds is 9. The van der Waals surface area contributed by atoms with Crippen molar-refractivity contribution in [3.05, 3.63) is 95.6 Å². The Morgan fingerprint density at radius 1 is 0.917 bits per heavy atom. The molecule has 3 aromatic carbocycles. The van der Waals surface area contributed by atoms with Gasteiger partial charge in [0, 0.05) is 42.6 Å². The third-order valence-corrected chi connectivity index (χ3v) is 6.46. The summed E-state index contributed by atoms with van der Waals surface area (Å²) in [6.45, 7) is 6.65. The van der Waals surface area contributed by atoms with Crippen LogP contribution in [-0.2, 0) is 16.1 Å². The van der Waals surface area contributed by atoms with E-state index >= 15 is 0 Å². The van der Waals surface area contributed by atoms with Crippen LogP contribution in [0.25, 0.3) is 0 Å². The molecule has 0 saturated carbocycles. The molecule has 0 aromatic heterocycles. The lowest BCUT2D eigenvalue weighted by atomic mass is 10.1. The van der Waals surface area contributed by atoms with Crippen LogP contribution in [0.2, 0.25) is 0 Å². The van der Waals surface area contributed by atoms with Crippen LogP contribution in [0.1, 0.15) is 34.5 Å². The molecule has 1 saturated heterocycles. The fraction of sp³-hybridized carbons (Fsp3) is 0.310. The minimum Gasteiger partial charge on any atom is -0.379 e. The molecule has 0 bridgehead atoms. The first-order valence-corrected chi connectivity index (χ1v) is 12.3. The Labute approximate surface area is 213 Å². The highest BCUT2D eigenvalue weighted by atomic mass is 16.5. The first-order chi connectivity index (χ1) is 17.5. The van der Waals surface area contributed by atoms with E-state index in [1.54, 1.807) is 12.1 Å². The van der Waals surface area contributed by atoms with Gasteiger partial charge in [0.2, 0.25) is 5.91 Å². The maximum Gasteiger partial charge on any atom is 0.255 e. The van der Waals surface area contributed by atoms with E-state index in [1.165, 1.54) is 5.56 Å². The molecule has 0 radical (unpaired) electrons.